The number of anilines is 1. The molecule has 4 rings (SSSR count). The van der Waals surface area contributed by atoms with E-state index < -0.39 is 11.4 Å². The Morgan fingerprint density at radius 3 is 2.54 bits per heavy atom. The van der Waals surface area contributed by atoms with Gasteiger partial charge in [-0.25, -0.2) is 9.37 Å². The average molecular weight is 497 g/mol. The molecule has 3 aromatic rings. The van der Waals surface area contributed by atoms with E-state index in [-0.39, 0.29) is 23.7 Å². The van der Waals surface area contributed by atoms with Gasteiger partial charge >= 0.3 is 0 Å². The third-order valence-electron chi connectivity index (χ3n) is 6.16. The molecule has 1 aliphatic heterocycles. The van der Waals surface area contributed by atoms with Crippen molar-refractivity contribution in [3.05, 3.63) is 65.2 Å². The molecule has 0 unspecified atom stereocenters. The van der Waals surface area contributed by atoms with E-state index in [1.54, 1.807) is 44.2 Å². The number of hydrogen-bond donors (Lipinski definition) is 1. The Kier molecular flexibility index (Phi) is 7.57. The zero-order valence-electron chi connectivity index (χ0n) is 20.1. The number of Topliss-reactive ketones (excluding diaryl/α,β-unsaturated/α-hetero) is 1. The van der Waals surface area contributed by atoms with E-state index in [2.05, 4.69) is 15.2 Å². The summed E-state index contributed by atoms with van der Waals surface area (Å²) in [6, 6.07) is 11.6. The first-order chi connectivity index (χ1) is 16.7. The van der Waals surface area contributed by atoms with Gasteiger partial charge in [-0.05, 0) is 63.1 Å². The van der Waals surface area contributed by atoms with Crippen molar-refractivity contribution in [2.24, 2.45) is 0 Å². The molecule has 35 heavy (non-hydrogen) atoms. The molecule has 2 aromatic heterocycles. The van der Waals surface area contributed by atoms with Gasteiger partial charge < -0.3 is 15.0 Å². The molecule has 1 saturated heterocycles. The van der Waals surface area contributed by atoms with Crippen molar-refractivity contribution in [3.63, 3.8) is 0 Å². The van der Waals surface area contributed by atoms with E-state index in [0.717, 1.165) is 29.1 Å². The lowest BCUT2D eigenvalue weighted by Gasteiger charge is -2.32. The van der Waals surface area contributed by atoms with Gasteiger partial charge in [-0.1, -0.05) is 6.07 Å². The lowest BCUT2D eigenvalue weighted by molar-refractivity contribution is -0.123. The number of ketones is 1. The van der Waals surface area contributed by atoms with Crippen LogP contribution in [-0.4, -0.2) is 53.5 Å². The second-order valence-corrected chi connectivity index (χ2v) is 10.2. The van der Waals surface area contributed by atoms with E-state index >= 15 is 0 Å². The molecular weight excluding hydrogens is 467 g/mol. The lowest BCUT2D eigenvalue weighted by Crippen LogP contribution is -2.50. The molecule has 0 radical (unpaired) electrons. The average Bonchev–Trinajstić information content (AvgIpc) is 3.28. The Bertz CT molecular complexity index is 1180. The normalized spacial score (nSPS) is 14.5. The van der Waals surface area contributed by atoms with Crippen LogP contribution in [0.4, 0.5) is 9.39 Å². The van der Waals surface area contributed by atoms with Crippen molar-refractivity contribution in [1.29, 1.82) is 0 Å². The third-order valence-corrected chi connectivity index (χ3v) is 7.31. The topological polar surface area (TPSA) is 84.4 Å². The van der Waals surface area contributed by atoms with Gasteiger partial charge in [0.05, 0.1) is 12.0 Å². The summed E-state index contributed by atoms with van der Waals surface area (Å²) in [4.78, 5) is 36.8. The van der Waals surface area contributed by atoms with Gasteiger partial charge in [0.15, 0.2) is 5.78 Å². The molecular formula is C26H29FN4O3S. The number of amides is 1. The fourth-order valence-corrected chi connectivity index (χ4v) is 5.09. The summed E-state index contributed by atoms with van der Waals surface area (Å²) in [7, 11) is 2.03. The molecule has 184 valence electrons. The summed E-state index contributed by atoms with van der Waals surface area (Å²) in [5.41, 5.74) is 0.657. The van der Waals surface area contributed by atoms with Crippen LogP contribution in [0.15, 0.2) is 48.7 Å². The Hall–Kier alpha value is -3.17. The Morgan fingerprint density at radius 1 is 1.17 bits per heavy atom. The van der Waals surface area contributed by atoms with Crippen LogP contribution in [0.1, 0.15) is 42.2 Å². The van der Waals surface area contributed by atoms with Crippen LogP contribution in [0.5, 0.6) is 0 Å². The summed E-state index contributed by atoms with van der Waals surface area (Å²) >= 11 is 1.45. The second kappa shape index (κ2) is 10.6. The van der Waals surface area contributed by atoms with Gasteiger partial charge in [-0.2, -0.15) is 0 Å². The number of rotatable bonds is 8. The van der Waals surface area contributed by atoms with Gasteiger partial charge in [0, 0.05) is 38.1 Å². The molecule has 1 amide bonds. The van der Waals surface area contributed by atoms with Crippen LogP contribution < -0.4 is 10.2 Å². The zero-order chi connectivity index (χ0) is 25.0. The lowest BCUT2D eigenvalue weighted by atomic mass is 9.96. The van der Waals surface area contributed by atoms with Crippen LogP contribution in [0.3, 0.4) is 0 Å². The number of ether oxygens (including phenoxy) is 1. The predicted molar refractivity (Wildman–Crippen MR) is 134 cm³/mol. The Morgan fingerprint density at radius 2 is 1.89 bits per heavy atom. The summed E-state index contributed by atoms with van der Waals surface area (Å²) in [5, 5.41) is 4.36. The highest BCUT2D eigenvalue weighted by atomic mass is 32.1. The van der Waals surface area contributed by atoms with Crippen molar-refractivity contribution in [3.8, 4) is 11.3 Å². The van der Waals surface area contributed by atoms with Crippen LogP contribution >= 0.6 is 11.3 Å². The van der Waals surface area contributed by atoms with E-state index in [0.29, 0.717) is 24.3 Å². The van der Waals surface area contributed by atoms with E-state index in [9.17, 15) is 14.0 Å². The van der Waals surface area contributed by atoms with Gasteiger partial charge in [0.25, 0.3) is 5.91 Å². The van der Waals surface area contributed by atoms with Gasteiger partial charge in [0.1, 0.15) is 27.2 Å². The minimum atomic E-state index is -1.11. The number of carbonyl (C=O) groups is 2. The SMILES string of the molecule is CN(c1sc(CC(=O)C(C)(C)NC(=O)c2ccccn2)nc1-c1ccc(F)cc1)C1CCOCC1. The minimum Gasteiger partial charge on any atom is -0.381 e. The maximum Gasteiger partial charge on any atom is 0.270 e. The van der Waals surface area contributed by atoms with Crippen LogP contribution in [0.25, 0.3) is 11.3 Å². The zero-order valence-corrected chi connectivity index (χ0v) is 20.9. The number of carbonyl (C=O) groups excluding carboxylic acids is 2. The number of nitrogens with zero attached hydrogens (tertiary/aromatic N) is 3. The predicted octanol–water partition coefficient (Wildman–Crippen LogP) is 4.28. The number of hydrogen-bond acceptors (Lipinski definition) is 7. The summed E-state index contributed by atoms with van der Waals surface area (Å²) in [5.74, 6) is -0.888. The molecule has 0 spiro atoms. The molecule has 0 atom stereocenters. The highest BCUT2D eigenvalue weighted by Gasteiger charge is 2.32. The second-order valence-electron chi connectivity index (χ2n) is 9.12. The molecule has 1 aromatic carbocycles. The maximum atomic E-state index is 13.6. The van der Waals surface area contributed by atoms with Crippen LogP contribution in [0.2, 0.25) is 0 Å². The summed E-state index contributed by atoms with van der Waals surface area (Å²) < 4.78 is 19.1. The fraction of sp³-hybridized carbons (Fsp3) is 0.385. The van der Waals surface area contributed by atoms with E-state index in [1.165, 1.54) is 29.7 Å². The highest BCUT2D eigenvalue weighted by Crippen LogP contribution is 2.38. The number of nitrogens with one attached hydrogen (secondary N) is 1. The monoisotopic (exact) mass is 496 g/mol. The molecule has 0 aliphatic carbocycles. The minimum absolute atomic E-state index is 0.0655. The first-order valence-corrected chi connectivity index (χ1v) is 12.4. The molecule has 0 saturated carbocycles. The van der Waals surface area contributed by atoms with Gasteiger partial charge in [-0.15, -0.1) is 11.3 Å². The first kappa shape index (κ1) is 24.9. The number of aromatic nitrogens is 2. The van der Waals surface area contributed by atoms with Crippen molar-refractivity contribution in [2.45, 2.75) is 44.7 Å². The largest absolute Gasteiger partial charge is 0.381 e. The number of halogens is 1. The molecule has 1 N–H and O–H groups in total. The Labute approximate surface area is 208 Å². The van der Waals surface area contributed by atoms with E-state index in [4.69, 9.17) is 9.72 Å². The third kappa shape index (κ3) is 5.91. The number of benzene rings is 1. The highest BCUT2D eigenvalue weighted by molar-refractivity contribution is 7.16. The van der Waals surface area contributed by atoms with Crippen LogP contribution in [0, 0.1) is 5.82 Å². The first-order valence-electron chi connectivity index (χ1n) is 11.6. The fourth-order valence-electron chi connectivity index (χ4n) is 3.98. The van der Waals surface area contributed by atoms with Crippen LogP contribution in [-0.2, 0) is 16.0 Å². The number of pyridine rings is 1. The van der Waals surface area contributed by atoms with E-state index in [1.807, 2.05) is 7.05 Å². The smallest absolute Gasteiger partial charge is 0.270 e. The number of thiazole rings is 1. The molecule has 1 aliphatic rings. The molecule has 1 fully saturated rings. The van der Waals surface area contributed by atoms with Crippen molar-refractivity contribution in [1.82, 2.24) is 15.3 Å². The standard InChI is InChI=1S/C26H29FN4O3S/c1-26(2,30-24(33)20-6-4-5-13-28-20)21(32)16-22-29-23(17-7-9-18(27)10-8-17)25(35-22)31(3)19-11-14-34-15-12-19/h4-10,13,19H,11-12,14-16H2,1-3H3,(H,30,33). The van der Waals surface area contributed by atoms with Crippen molar-refractivity contribution < 1.29 is 18.7 Å². The molecule has 0 bridgehead atoms. The molecule has 3 heterocycles. The summed E-state index contributed by atoms with van der Waals surface area (Å²) in [6.45, 7) is 4.77. The maximum absolute atomic E-state index is 13.6. The van der Waals surface area contributed by atoms with Gasteiger partial charge in [0.2, 0.25) is 0 Å². The molecule has 9 heteroatoms. The molecule has 7 nitrogen and oxygen atoms in total. The Balaban J connectivity index is 1.57. The summed E-state index contributed by atoms with van der Waals surface area (Å²) in [6.07, 6.45) is 3.40. The van der Waals surface area contributed by atoms with Gasteiger partial charge in [-0.3, -0.25) is 14.6 Å². The van der Waals surface area contributed by atoms with Crippen molar-refractivity contribution in [2.75, 3.05) is 25.2 Å². The quantitative estimate of drug-likeness (QED) is 0.501. The van der Waals surface area contributed by atoms with Crippen molar-refractivity contribution >= 4 is 28.0 Å².